The third kappa shape index (κ3) is 4.27. The number of allylic oxidation sites excluding steroid dienone is 2. The lowest BCUT2D eigenvalue weighted by Crippen LogP contribution is -2.25. The predicted molar refractivity (Wildman–Crippen MR) is 79.8 cm³/mol. The second-order valence-electron chi connectivity index (χ2n) is 5.49. The summed E-state index contributed by atoms with van der Waals surface area (Å²) in [6.07, 6.45) is 9.21. The summed E-state index contributed by atoms with van der Waals surface area (Å²) in [5.41, 5.74) is 0. The maximum Gasteiger partial charge on any atom is 0.0122 e. The second-order valence-corrected chi connectivity index (χ2v) is 5.49. The Morgan fingerprint density at radius 2 is 1.78 bits per heavy atom. The van der Waals surface area contributed by atoms with Crippen molar-refractivity contribution < 1.29 is 0 Å². The van der Waals surface area contributed by atoms with Gasteiger partial charge in [0.05, 0.1) is 0 Å². The second kappa shape index (κ2) is 8.05. The van der Waals surface area contributed by atoms with Gasteiger partial charge in [0.2, 0.25) is 0 Å². The monoisotopic (exact) mass is 242 g/mol. The Morgan fingerprint density at radius 1 is 1.11 bits per heavy atom. The molecule has 1 aliphatic carbocycles. The van der Waals surface area contributed by atoms with E-state index in [0.717, 1.165) is 30.6 Å². The third-order valence-electron chi connectivity index (χ3n) is 4.21. The molecule has 0 aromatic rings. The zero-order chi connectivity index (χ0) is 13.4. The Morgan fingerprint density at radius 3 is 2.44 bits per heavy atom. The van der Waals surface area contributed by atoms with Gasteiger partial charge in [-0.25, -0.2) is 0 Å². The largest absolute Gasteiger partial charge is 0.107 e. The lowest BCUT2D eigenvalue weighted by molar-refractivity contribution is 0.191. The van der Waals surface area contributed by atoms with E-state index >= 15 is 0 Å². The minimum atomic E-state index is 0.673. The highest BCUT2D eigenvalue weighted by atomic mass is 14.3. The molecule has 18 heavy (non-hydrogen) atoms. The summed E-state index contributed by atoms with van der Waals surface area (Å²) in [7, 11) is 0. The van der Waals surface area contributed by atoms with Crippen molar-refractivity contribution in [2.45, 2.75) is 53.4 Å². The van der Waals surface area contributed by atoms with E-state index in [9.17, 15) is 0 Å². The van der Waals surface area contributed by atoms with Gasteiger partial charge in [0, 0.05) is 12.8 Å². The molecule has 0 aromatic heterocycles. The molecule has 98 valence electrons. The first-order chi connectivity index (χ1) is 8.70. The smallest absolute Gasteiger partial charge is 0.0122 e. The highest BCUT2D eigenvalue weighted by Gasteiger charge is 2.30. The molecule has 0 radical (unpaired) electrons. The average Bonchev–Trinajstić information content (AvgIpc) is 2.55. The van der Waals surface area contributed by atoms with Crippen LogP contribution in [0.3, 0.4) is 0 Å². The summed E-state index contributed by atoms with van der Waals surface area (Å²) in [6, 6.07) is 0. The molecule has 1 aliphatic rings. The predicted octanol–water partition coefficient (Wildman–Crippen LogP) is 4.67. The van der Waals surface area contributed by atoms with Crippen LogP contribution in [0.15, 0.2) is 12.2 Å². The molecule has 0 fully saturated rings. The van der Waals surface area contributed by atoms with Crippen LogP contribution in [0.2, 0.25) is 0 Å². The third-order valence-corrected chi connectivity index (χ3v) is 4.21. The first-order valence-corrected chi connectivity index (χ1v) is 7.14. The van der Waals surface area contributed by atoms with Crippen LogP contribution in [0.25, 0.3) is 0 Å². The summed E-state index contributed by atoms with van der Waals surface area (Å²) < 4.78 is 0. The summed E-state index contributed by atoms with van der Waals surface area (Å²) in [5.74, 6) is 15.5. The minimum absolute atomic E-state index is 0.673. The van der Waals surface area contributed by atoms with Gasteiger partial charge < -0.3 is 0 Å². The fraction of sp³-hybridized carbons (Fsp3) is 0.667. The quantitative estimate of drug-likeness (QED) is 0.498. The molecule has 4 atom stereocenters. The molecule has 0 N–H and O–H groups in total. The molecule has 0 heteroatoms. The SMILES string of the molecule is CC#CCC(C)C1CC=CCC(C)C1CC#CC. The molecule has 0 bridgehead atoms. The molecule has 0 aromatic carbocycles. The molecular weight excluding hydrogens is 216 g/mol. The van der Waals surface area contributed by atoms with Gasteiger partial charge in [0.15, 0.2) is 0 Å². The van der Waals surface area contributed by atoms with E-state index in [-0.39, 0.29) is 0 Å². The highest BCUT2D eigenvalue weighted by Crippen LogP contribution is 2.37. The van der Waals surface area contributed by atoms with Gasteiger partial charge in [-0.15, -0.1) is 23.7 Å². The number of hydrogen-bond acceptors (Lipinski definition) is 0. The zero-order valence-corrected chi connectivity index (χ0v) is 12.3. The lowest BCUT2D eigenvalue weighted by atomic mass is 9.72. The molecule has 0 saturated heterocycles. The summed E-state index contributed by atoms with van der Waals surface area (Å²) in [5, 5.41) is 0. The molecule has 0 nitrogen and oxygen atoms in total. The van der Waals surface area contributed by atoms with E-state index < -0.39 is 0 Å². The molecule has 4 unspecified atom stereocenters. The van der Waals surface area contributed by atoms with Crippen LogP contribution >= 0.6 is 0 Å². The first-order valence-electron chi connectivity index (χ1n) is 7.14. The van der Waals surface area contributed by atoms with Gasteiger partial charge >= 0.3 is 0 Å². The summed E-state index contributed by atoms with van der Waals surface area (Å²) in [6.45, 7) is 8.61. The number of hydrogen-bond donors (Lipinski definition) is 0. The Bertz CT molecular complexity index is 380. The summed E-state index contributed by atoms with van der Waals surface area (Å²) in [4.78, 5) is 0. The van der Waals surface area contributed by atoms with Crippen molar-refractivity contribution in [3.05, 3.63) is 12.2 Å². The molecule has 1 rings (SSSR count). The Labute approximate surface area is 113 Å². The lowest BCUT2D eigenvalue weighted by Gasteiger charge is -2.32. The van der Waals surface area contributed by atoms with E-state index in [1.807, 2.05) is 13.8 Å². The van der Waals surface area contributed by atoms with E-state index in [1.165, 1.54) is 12.8 Å². The molecule has 0 heterocycles. The van der Waals surface area contributed by atoms with Crippen molar-refractivity contribution >= 4 is 0 Å². The Kier molecular flexibility index (Phi) is 6.67. The topological polar surface area (TPSA) is 0 Å². The van der Waals surface area contributed by atoms with Gasteiger partial charge in [0.25, 0.3) is 0 Å². The van der Waals surface area contributed by atoms with Gasteiger partial charge in [-0.05, 0) is 50.4 Å². The van der Waals surface area contributed by atoms with Gasteiger partial charge in [-0.2, -0.15) is 0 Å². The molecule has 0 amide bonds. The van der Waals surface area contributed by atoms with Crippen LogP contribution in [0.4, 0.5) is 0 Å². The van der Waals surface area contributed by atoms with Crippen LogP contribution in [-0.4, -0.2) is 0 Å². The molecule has 0 spiro atoms. The normalized spacial score (nSPS) is 28.3. The average molecular weight is 242 g/mol. The Hall–Kier alpha value is -1.14. The van der Waals surface area contributed by atoms with Crippen LogP contribution < -0.4 is 0 Å². The molecular formula is C18H26. The van der Waals surface area contributed by atoms with Crippen molar-refractivity contribution in [2.75, 3.05) is 0 Å². The fourth-order valence-corrected chi connectivity index (χ4v) is 2.98. The standard InChI is InChI=1S/C18H26/c1-5-7-11-15(3)18-14-10-9-12-16(4)17(18)13-8-6-2/h9-10,15-18H,11-14H2,1-4H3. The van der Waals surface area contributed by atoms with Crippen molar-refractivity contribution in [1.82, 2.24) is 0 Å². The van der Waals surface area contributed by atoms with Crippen LogP contribution in [-0.2, 0) is 0 Å². The van der Waals surface area contributed by atoms with E-state index in [1.54, 1.807) is 0 Å². The van der Waals surface area contributed by atoms with Crippen molar-refractivity contribution in [1.29, 1.82) is 0 Å². The van der Waals surface area contributed by atoms with Crippen LogP contribution in [0.5, 0.6) is 0 Å². The number of rotatable bonds is 3. The van der Waals surface area contributed by atoms with Crippen LogP contribution in [0, 0.1) is 47.4 Å². The van der Waals surface area contributed by atoms with Gasteiger partial charge in [-0.3, -0.25) is 0 Å². The van der Waals surface area contributed by atoms with Crippen LogP contribution in [0.1, 0.15) is 53.4 Å². The zero-order valence-electron chi connectivity index (χ0n) is 12.3. The highest BCUT2D eigenvalue weighted by molar-refractivity contribution is 5.04. The first kappa shape index (κ1) is 14.9. The van der Waals surface area contributed by atoms with E-state index in [2.05, 4.69) is 49.7 Å². The molecule has 0 aliphatic heterocycles. The minimum Gasteiger partial charge on any atom is -0.107 e. The Balaban J connectivity index is 2.80. The van der Waals surface area contributed by atoms with Crippen molar-refractivity contribution in [3.8, 4) is 23.7 Å². The van der Waals surface area contributed by atoms with E-state index in [4.69, 9.17) is 0 Å². The maximum absolute atomic E-state index is 3.30. The van der Waals surface area contributed by atoms with Gasteiger partial charge in [-0.1, -0.05) is 26.0 Å². The van der Waals surface area contributed by atoms with Crippen molar-refractivity contribution in [2.24, 2.45) is 23.7 Å². The fourth-order valence-electron chi connectivity index (χ4n) is 2.98. The van der Waals surface area contributed by atoms with Crippen molar-refractivity contribution in [3.63, 3.8) is 0 Å². The maximum atomic E-state index is 3.30. The summed E-state index contributed by atoms with van der Waals surface area (Å²) >= 11 is 0. The van der Waals surface area contributed by atoms with Gasteiger partial charge in [0.1, 0.15) is 0 Å². The van der Waals surface area contributed by atoms with E-state index in [0.29, 0.717) is 5.92 Å². The molecule has 0 saturated carbocycles.